The topological polar surface area (TPSA) is 35.5 Å². The number of rotatable bonds is 5. The van der Waals surface area contributed by atoms with Gasteiger partial charge in [-0.15, -0.1) is 0 Å². The Labute approximate surface area is 95.7 Å². The maximum atomic E-state index is 11.5. The Morgan fingerprint density at radius 1 is 1.50 bits per heavy atom. The first-order chi connectivity index (χ1) is 7.69. The van der Waals surface area contributed by atoms with Crippen molar-refractivity contribution in [3.8, 4) is 5.75 Å². The molecule has 1 aromatic rings. The maximum absolute atomic E-state index is 11.5. The number of esters is 1. The van der Waals surface area contributed by atoms with Gasteiger partial charge in [-0.1, -0.05) is 12.7 Å². The third kappa shape index (κ3) is 3.12. The molecule has 0 bridgehead atoms. The van der Waals surface area contributed by atoms with E-state index in [2.05, 4.69) is 6.58 Å². The predicted octanol–water partition coefficient (Wildman–Crippen LogP) is 2.74. The molecule has 0 aliphatic heterocycles. The summed E-state index contributed by atoms with van der Waals surface area (Å²) in [6.07, 6.45) is 1.54. The summed E-state index contributed by atoms with van der Waals surface area (Å²) in [5, 5.41) is 0. The van der Waals surface area contributed by atoms with E-state index in [0.717, 1.165) is 11.3 Å². The van der Waals surface area contributed by atoms with Crippen molar-refractivity contribution in [2.24, 2.45) is 0 Å². The van der Waals surface area contributed by atoms with Crippen molar-refractivity contribution in [1.29, 1.82) is 0 Å². The summed E-state index contributed by atoms with van der Waals surface area (Å²) in [7, 11) is 0. The standard InChI is InChI=1S/C13H16O3/c1-4-8-16-13(14)11-6-7-12(15-5-2)10(3)9-11/h4,6-7,9H,1,5,8H2,2-3H3. The molecular formula is C13H16O3. The first-order valence-corrected chi connectivity index (χ1v) is 5.20. The molecule has 3 heteroatoms. The van der Waals surface area contributed by atoms with Crippen molar-refractivity contribution in [2.75, 3.05) is 13.2 Å². The molecule has 0 aromatic heterocycles. The number of carbonyl (C=O) groups is 1. The Kier molecular flexibility index (Phi) is 4.58. The fourth-order valence-electron chi connectivity index (χ4n) is 1.31. The van der Waals surface area contributed by atoms with Crippen LogP contribution in [0.3, 0.4) is 0 Å². The predicted molar refractivity (Wildman–Crippen MR) is 62.8 cm³/mol. The van der Waals surface area contributed by atoms with Crippen molar-refractivity contribution in [2.45, 2.75) is 13.8 Å². The van der Waals surface area contributed by atoms with E-state index in [1.165, 1.54) is 0 Å². The molecule has 0 atom stereocenters. The largest absolute Gasteiger partial charge is 0.494 e. The molecule has 16 heavy (non-hydrogen) atoms. The van der Waals surface area contributed by atoms with Gasteiger partial charge in [-0.05, 0) is 37.6 Å². The minimum atomic E-state index is -0.342. The van der Waals surface area contributed by atoms with Crippen molar-refractivity contribution >= 4 is 5.97 Å². The van der Waals surface area contributed by atoms with E-state index >= 15 is 0 Å². The number of hydrogen-bond donors (Lipinski definition) is 0. The summed E-state index contributed by atoms with van der Waals surface area (Å²) < 4.78 is 10.3. The highest BCUT2D eigenvalue weighted by Gasteiger charge is 2.08. The number of ether oxygens (including phenoxy) is 2. The molecule has 3 nitrogen and oxygen atoms in total. The average molecular weight is 220 g/mol. The summed E-state index contributed by atoms with van der Waals surface area (Å²) >= 11 is 0. The van der Waals surface area contributed by atoms with Crippen molar-refractivity contribution in [1.82, 2.24) is 0 Å². The van der Waals surface area contributed by atoms with Gasteiger partial charge in [0.2, 0.25) is 0 Å². The van der Waals surface area contributed by atoms with E-state index in [-0.39, 0.29) is 12.6 Å². The van der Waals surface area contributed by atoms with E-state index < -0.39 is 0 Å². The van der Waals surface area contributed by atoms with Gasteiger partial charge in [-0.25, -0.2) is 4.79 Å². The fraction of sp³-hybridized carbons (Fsp3) is 0.308. The van der Waals surface area contributed by atoms with Gasteiger partial charge in [0.05, 0.1) is 12.2 Å². The Morgan fingerprint density at radius 2 is 2.25 bits per heavy atom. The Morgan fingerprint density at radius 3 is 2.81 bits per heavy atom. The molecule has 0 unspecified atom stereocenters. The Balaban J connectivity index is 2.79. The zero-order valence-electron chi connectivity index (χ0n) is 9.66. The minimum Gasteiger partial charge on any atom is -0.494 e. The average Bonchev–Trinajstić information content (AvgIpc) is 2.29. The second kappa shape index (κ2) is 5.95. The zero-order chi connectivity index (χ0) is 12.0. The highest BCUT2D eigenvalue weighted by Crippen LogP contribution is 2.19. The first kappa shape index (κ1) is 12.3. The van der Waals surface area contributed by atoms with E-state index in [4.69, 9.17) is 9.47 Å². The molecule has 86 valence electrons. The number of carbonyl (C=O) groups excluding carboxylic acids is 1. The Hall–Kier alpha value is -1.77. The minimum absolute atomic E-state index is 0.227. The summed E-state index contributed by atoms with van der Waals surface area (Å²) in [6, 6.07) is 5.24. The van der Waals surface area contributed by atoms with Gasteiger partial charge in [0.25, 0.3) is 0 Å². The van der Waals surface area contributed by atoms with E-state index in [9.17, 15) is 4.79 Å². The summed E-state index contributed by atoms with van der Waals surface area (Å²) in [5.74, 6) is 0.453. The third-order valence-corrected chi connectivity index (χ3v) is 2.04. The molecule has 0 saturated carbocycles. The van der Waals surface area contributed by atoms with Crippen molar-refractivity contribution < 1.29 is 14.3 Å². The molecule has 0 aliphatic rings. The lowest BCUT2D eigenvalue weighted by atomic mass is 10.1. The lowest BCUT2D eigenvalue weighted by Gasteiger charge is -2.08. The van der Waals surface area contributed by atoms with E-state index in [1.807, 2.05) is 13.8 Å². The number of benzene rings is 1. The molecule has 0 aliphatic carbocycles. The highest BCUT2D eigenvalue weighted by atomic mass is 16.5. The molecule has 0 radical (unpaired) electrons. The quantitative estimate of drug-likeness (QED) is 0.565. The van der Waals surface area contributed by atoms with Crippen LogP contribution in [0.4, 0.5) is 0 Å². The van der Waals surface area contributed by atoms with Crippen LogP contribution in [-0.4, -0.2) is 19.2 Å². The number of hydrogen-bond acceptors (Lipinski definition) is 3. The second-order valence-electron chi connectivity index (χ2n) is 3.30. The first-order valence-electron chi connectivity index (χ1n) is 5.20. The lowest BCUT2D eigenvalue weighted by Crippen LogP contribution is -2.05. The molecule has 0 spiro atoms. The lowest BCUT2D eigenvalue weighted by molar-refractivity contribution is 0.0549. The van der Waals surface area contributed by atoms with Crippen LogP contribution in [-0.2, 0) is 4.74 Å². The Bertz CT molecular complexity index is 383. The third-order valence-electron chi connectivity index (χ3n) is 2.04. The van der Waals surface area contributed by atoms with Crippen LogP contribution in [0.25, 0.3) is 0 Å². The van der Waals surface area contributed by atoms with Crippen LogP contribution >= 0.6 is 0 Å². The van der Waals surface area contributed by atoms with Crippen LogP contribution in [0.15, 0.2) is 30.9 Å². The van der Waals surface area contributed by atoms with Gasteiger partial charge in [0, 0.05) is 0 Å². The normalized spacial score (nSPS) is 9.62. The second-order valence-corrected chi connectivity index (χ2v) is 3.30. The molecule has 0 saturated heterocycles. The van der Waals surface area contributed by atoms with Gasteiger partial charge in [0.15, 0.2) is 0 Å². The summed E-state index contributed by atoms with van der Waals surface area (Å²) in [4.78, 5) is 11.5. The van der Waals surface area contributed by atoms with Gasteiger partial charge >= 0.3 is 5.97 Å². The van der Waals surface area contributed by atoms with Gasteiger partial charge in [0.1, 0.15) is 12.4 Å². The summed E-state index contributed by atoms with van der Waals surface area (Å²) in [6.45, 7) is 8.14. The summed E-state index contributed by atoms with van der Waals surface area (Å²) in [5.41, 5.74) is 1.46. The molecular weight excluding hydrogens is 204 g/mol. The van der Waals surface area contributed by atoms with Crippen LogP contribution in [0.1, 0.15) is 22.8 Å². The van der Waals surface area contributed by atoms with E-state index in [0.29, 0.717) is 12.2 Å². The number of aryl methyl sites for hydroxylation is 1. The van der Waals surface area contributed by atoms with Gasteiger partial charge < -0.3 is 9.47 Å². The molecule has 0 fully saturated rings. The molecule has 1 rings (SSSR count). The van der Waals surface area contributed by atoms with Crippen LogP contribution in [0.5, 0.6) is 5.75 Å². The van der Waals surface area contributed by atoms with Gasteiger partial charge in [-0.2, -0.15) is 0 Å². The van der Waals surface area contributed by atoms with E-state index in [1.54, 1.807) is 24.3 Å². The van der Waals surface area contributed by atoms with Gasteiger partial charge in [-0.3, -0.25) is 0 Å². The SMILES string of the molecule is C=CCOC(=O)c1ccc(OCC)c(C)c1. The molecule has 0 N–H and O–H groups in total. The van der Waals surface area contributed by atoms with Crippen LogP contribution < -0.4 is 4.74 Å². The molecule has 0 heterocycles. The highest BCUT2D eigenvalue weighted by molar-refractivity contribution is 5.89. The fourth-order valence-corrected chi connectivity index (χ4v) is 1.31. The van der Waals surface area contributed by atoms with Crippen molar-refractivity contribution in [3.63, 3.8) is 0 Å². The maximum Gasteiger partial charge on any atom is 0.338 e. The zero-order valence-corrected chi connectivity index (χ0v) is 9.66. The monoisotopic (exact) mass is 220 g/mol. The van der Waals surface area contributed by atoms with Crippen LogP contribution in [0, 0.1) is 6.92 Å². The van der Waals surface area contributed by atoms with Crippen molar-refractivity contribution in [3.05, 3.63) is 42.0 Å². The molecule has 0 amide bonds. The van der Waals surface area contributed by atoms with Crippen LogP contribution in [0.2, 0.25) is 0 Å². The molecule has 1 aromatic carbocycles. The smallest absolute Gasteiger partial charge is 0.338 e.